The predicted molar refractivity (Wildman–Crippen MR) is 151 cm³/mol. The molecule has 0 fully saturated rings. The van der Waals surface area contributed by atoms with Crippen LogP contribution in [0.5, 0.6) is 0 Å². The molecule has 2 amide bonds. The number of aryl methyl sites for hydroxylation is 1. The maximum atomic E-state index is 13.8. The highest BCUT2D eigenvalue weighted by Gasteiger charge is 2.35. The molecule has 0 atom stereocenters. The normalized spacial score (nSPS) is 11.9. The van der Waals surface area contributed by atoms with Gasteiger partial charge < -0.3 is 11.1 Å². The van der Waals surface area contributed by atoms with Gasteiger partial charge >= 0.3 is 6.18 Å². The van der Waals surface area contributed by atoms with E-state index in [0.717, 1.165) is 29.5 Å². The van der Waals surface area contributed by atoms with Gasteiger partial charge in [0.2, 0.25) is 0 Å². The van der Waals surface area contributed by atoms with E-state index in [1.807, 2.05) is 18.5 Å². The van der Waals surface area contributed by atoms with Crippen LogP contribution in [-0.2, 0) is 12.7 Å². The Morgan fingerprint density at radius 2 is 1.84 bits per heavy atom. The first-order valence-electron chi connectivity index (χ1n) is 12.8. The molecule has 218 valence electrons. The summed E-state index contributed by atoms with van der Waals surface area (Å²) in [5.41, 5.74) is 6.94. The number of pyridine rings is 1. The number of amides is 2. The van der Waals surface area contributed by atoms with Crippen molar-refractivity contribution in [3.05, 3.63) is 82.6 Å². The van der Waals surface area contributed by atoms with Crippen molar-refractivity contribution in [3.8, 4) is 22.4 Å². The Labute approximate surface area is 243 Å². The van der Waals surface area contributed by atoms with Crippen LogP contribution in [0.2, 0.25) is 0 Å². The van der Waals surface area contributed by atoms with Crippen molar-refractivity contribution < 1.29 is 27.2 Å². The number of primary amides is 1. The maximum absolute atomic E-state index is 13.8. The fourth-order valence-corrected chi connectivity index (χ4v) is 5.81. The lowest BCUT2D eigenvalue weighted by molar-refractivity contribution is -0.140. The van der Waals surface area contributed by atoms with Gasteiger partial charge in [-0.25, -0.2) is 18.9 Å². The van der Waals surface area contributed by atoms with Crippen LogP contribution in [0, 0.1) is 12.7 Å². The van der Waals surface area contributed by atoms with E-state index in [1.165, 1.54) is 22.7 Å². The Bertz CT molecular complexity index is 2060. The third kappa shape index (κ3) is 4.86. The van der Waals surface area contributed by atoms with Crippen LogP contribution in [-0.4, -0.2) is 41.2 Å². The fourth-order valence-electron chi connectivity index (χ4n) is 4.80. The molecule has 15 heteroatoms. The van der Waals surface area contributed by atoms with E-state index in [-0.39, 0.29) is 37.6 Å². The molecule has 0 aliphatic carbocycles. The second-order valence-corrected chi connectivity index (χ2v) is 10.5. The topological polar surface area (TPSA) is 133 Å². The highest BCUT2D eigenvalue weighted by molar-refractivity contribution is 7.21. The molecular weight excluding hydrogens is 588 g/mol. The Morgan fingerprint density at radius 1 is 1.09 bits per heavy atom. The van der Waals surface area contributed by atoms with Gasteiger partial charge in [0.25, 0.3) is 11.8 Å². The lowest BCUT2D eigenvalue weighted by Gasteiger charge is -2.12. The van der Waals surface area contributed by atoms with E-state index in [1.54, 1.807) is 18.5 Å². The van der Waals surface area contributed by atoms with Crippen molar-refractivity contribution >= 4 is 44.7 Å². The Hall–Kier alpha value is -5.18. The van der Waals surface area contributed by atoms with Gasteiger partial charge in [-0.3, -0.25) is 14.3 Å². The van der Waals surface area contributed by atoms with Gasteiger partial charge in [0.15, 0.2) is 11.3 Å². The number of nitrogens with zero attached hydrogens (tertiary/aromatic N) is 6. The number of anilines is 1. The second kappa shape index (κ2) is 10.3. The molecule has 5 heterocycles. The van der Waals surface area contributed by atoms with Crippen molar-refractivity contribution in [2.24, 2.45) is 5.73 Å². The van der Waals surface area contributed by atoms with Crippen LogP contribution < -0.4 is 11.1 Å². The number of thiophene rings is 1. The molecule has 1 aromatic carbocycles. The standard InChI is InChI=1S/C28H20F4N8O2S/c1-3-39-13(2)17(12-35-39)19-8-9-34-21-11-18(38-40(19)21)26(42)37-23-22-16(14-4-6-15(29)7-5-14)10-20(28(30,31)32)36-27(22)43-24(23)25(33)41/h4-12H,3H2,1-2H3,(H2,33,41)(H,37,42). The molecule has 0 unspecified atom stereocenters. The Kier molecular flexibility index (Phi) is 6.68. The van der Waals surface area contributed by atoms with E-state index < -0.39 is 29.5 Å². The van der Waals surface area contributed by atoms with E-state index >= 15 is 0 Å². The van der Waals surface area contributed by atoms with Crippen molar-refractivity contribution in [1.82, 2.24) is 29.4 Å². The molecule has 0 saturated carbocycles. The summed E-state index contributed by atoms with van der Waals surface area (Å²) < 4.78 is 58.3. The summed E-state index contributed by atoms with van der Waals surface area (Å²) in [5.74, 6) is -2.36. The zero-order valence-electron chi connectivity index (χ0n) is 22.4. The lowest BCUT2D eigenvalue weighted by atomic mass is 10.0. The number of alkyl halides is 3. The van der Waals surface area contributed by atoms with Crippen molar-refractivity contribution in [2.45, 2.75) is 26.6 Å². The average Bonchev–Trinajstić information content (AvgIpc) is 3.67. The van der Waals surface area contributed by atoms with E-state index in [4.69, 9.17) is 5.73 Å². The number of benzene rings is 1. The monoisotopic (exact) mass is 608 g/mol. The summed E-state index contributed by atoms with van der Waals surface area (Å²) >= 11 is 0.601. The summed E-state index contributed by atoms with van der Waals surface area (Å²) in [6.07, 6.45) is -1.57. The van der Waals surface area contributed by atoms with Gasteiger partial charge in [-0.1, -0.05) is 12.1 Å². The number of nitrogens with two attached hydrogens (primary N) is 1. The molecule has 0 radical (unpaired) electrons. The highest BCUT2D eigenvalue weighted by Crippen LogP contribution is 2.43. The third-order valence-corrected chi connectivity index (χ3v) is 7.94. The number of fused-ring (bicyclic) bond motifs is 2. The summed E-state index contributed by atoms with van der Waals surface area (Å²) in [5, 5.41) is 11.4. The zero-order chi connectivity index (χ0) is 30.6. The second-order valence-electron chi connectivity index (χ2n) is 9.45. The largest absolute Gasteiger partial charge is 0.433 e. The van der Waals surface area contributed by atoms with Crippen molar-refractivity contribution in [3.63, 3.8) is 0 Å². The molecule has 0 spiro atoms. The number of carbonyl (C=O) groups is 2. The molecule has 0 aliphatic rings. The highest BCUT2D eigenvalue weighted by atomic mass is 32.1. The number of hydrogen-bond donors (Lipinski definition) is 2. The molecule has 0 aliphatic heterocycles. The quantitative estimate of drug-likeness (QED) is 0.233. The fraction of sp³-hybridized carbons (Fsp3) is 0.143. The first kappa shape index (κ1) is 28.0. The van der Waals surface area contributed by atoms with E-state index in [2.05, 4.69) is 25.5 Å². The van der Waals surface area contributed by atoms with Crippen LogP contribution >= 0.6 is 11.3 Å². The summed E-state index contributed by atoms with van der Waals surface area (Å²) in [4.78, 5) is 33.6. The zero-order valence-corrected chi connectivity index (χ0v) is 23.2. The molecule has 10 nitrogen and oxygen atoms in total. The maximum Gasteiger partial charge on any atom is 0.433 e. The molecule has 43 heavy (non-hydrogen) atoms. The van der Waals surface area contributed by atoms with Gasteiger partial charge in [-0.15, -0.1) is 11.3 Å². The van der Waals surface area contributed by atoms with Crippen LogP contribution in [0.3, 0.4) is 0 Å². The van der Waals surface area contributed by atoms with Gasteiger partial charge in [-0.05, 0) is 49.2 Å². The van der Waals surface area contributed by atoms with Crippen molar-refractivity contribution in [1.29, 1.82) is 0 Å². The minimum atomic E-state index is -4.82. The van der Waals surface area contributed by atoms with Crippen molar-refractivity contribution in [2.75, 3.05) is 5.32 Å². The Morgan fingerprint density at radius 3 is 2.49 bits per heavy atom. The molecule has 6 rings (SSSR count). The molecule has 0 bridgehead atoms. The average molecular weight is 609 g/mol. The molecule has 0 saturated heterocycles. The van der Waals surface area contributed by atoms with E-state index in [0.29, 0.717) is 29.2 Å². The molecule has 3 N–H and O–H groups in total. The SMILES string of the molecule is CCn1ncc(-c2ccnc3cc(C(=O)Nc4c(C(N)=O)sc5nc(C(F)(F)F)cc(-c6ccc(F)cc6)c45)nn23)c1C. The number of carbonyl (C=O) groups excluding carboxylic acids is 2. The van der Waals surface area contributed by atoms with Crippen LogP contribution in [0.15, 0.2) is 54.9 Å². The smallest absolute Gasteiger partial charge is 0.365 e. The summed E-state index contributed by atoms with van der Waals surface area (Å²) in [7, 11) is 0. The minimum absolute atomic E-state index is 0.0289. The lowest BCUT2D eigenvalue weighted by Crippen LogP contribution is -2.17. The first-order chi connectivity index (χ1) is 20.5. The first-order valence-corrected chi connectivity index (χ1v) is 13.6. The molecule has 5 aromatic heterocycles. The summed E-state index contributed by atoms with van der Waals surface area (Å²) in [6.45, 7) is 4.51. The molecular formula is C28H20F4N8O2S. The number of nitrogens with one attached hydrogen (secondary N) is 1. The van der Waals surface area contributed by atoms with E-state index in [9.17, 15) is 27.2 Å². The number of aromatic nitrogens is 6. The van der Waals surface area contributed by atoms with Gasteiger partial charge in [-0.2, -0.15) is 23.4 Å². The Balaban J connectivity index is 1.49. The third-order valence-electron chi connectivity index (χ3n) is 6.84. The van der Waals surface area contributed by atoms with Crippen LogP contribution in [0.4, 0.5) is 23.2 Å². The summed E-state index contributed by atoms with van der Waals surface area (Å²) in [6, 6.07) is 8.68. The van der Waals surface area contributed by atoms with Gasteiger partial charge in [0.1, 0.15) is 21.2 Å². The number of halogens is 4. The predicted octanol–water partition coefficient (Wildman–Crippen LogP) is 5.71. The van der Waals surface area contributed by atoms with Crippen LogP contribution in [0.25, 0.3) is 38.2 Å². The minimum Gasteiger partial charge on any atom is -0.365 e. The van der Waals surface area contributed by atoms with Crippen LogP contribution in [0.1, 0.15) is 38.5 Å². The number of rotatable bonds is 6. The van der Waals surface area contributed by atoms with Gasteiger partial charge in [0.05, 0.1) is 17.6 Å². The molecule has 6 aromatic rings. The number of hydrogen-bond acceptors (Lipinski definition) is 7. The van der Waals surface area contributed by atoms with Gasteiger partial charge in [0, 0.05) is 35.5 Å².